The first-order chi connectivity index (χ1) is 13.0. The van der Waals surface area contributed by atoms with Gasteiger partial charge in [-0.3, -0.25) is 9.78 Å². The van der Waals surface area contributed by atoms with Crippen LogP contribution in [0.5, 0.6) is 11.5 Å². The van der Waals surface area contributed by atoms with Crippen LogP contribution in [-0.2, 0) is 16.4 Å². The van der Waals surface area contributed by atoms with E-state index in [1.54, 1.807) is 12.3 Å². The van der Waals surface area contributed by atoms with Gasteiger partial charge in [0.05, 0.1) is 22.8 Å². The van der Waals surface area contributed by atoms with Gasteiger partial charge >= 0.3 is 0 Å². The summed E-state index contributed by atoms with van der Waals surface area (Å²) in [5.74, 6) is 1.40. The maximum atomic E-state index is 12.4. The summed E-state index contributed by atoms with van der Waals surface area (Å²) in [5.41, 5.74) is 1.93. The first kappa shape index (κ1) is 17.6. The van der Waals surface area contributed by atoms with Gasteiger partial charge in [-0.05, 0) is 30.2 Å². The van der Waals surface area contributed by atoms with Gasteiger partial charge in [0.2, 0.25) is 6.79 Å². The maximum absolute atomic E-state index is 12.4. The summed E-state index contributed by atoms with van der Waals surface area (Å²) in [5, 5.41) is 5.98. The highest BCUT2D eigenvalue weighted by molar-refractivity contribution is 7.91. The molecule has 8 nitrogen and oxygen atoms in total. The molecule has 1 fully saturated rings. The molecule has 0 saturated carbocycles. The molecule has 1 atom stereocenters. The molecule has 1 aromatic heterocycles. The van der Waals surface area contributed by atoms with Gasteiger partial charge in [0.25, 0.3) is 5.91 Å². The smallest absolute Gasteiger partial charge is 0.253 e. The molecule has 0 radical (unpaired) electrons. The number of ether oxygens (including phenoxy) is 2. The quantitative estimate of drug-likeness (QED) is 0.795. The zero-order chi connectivity index (χ0) is 18.9. The van der Waals surface area contributed by atoms with Crippen LogP contribution < -0.4 is 20.1 Å². The highest BCUT2D eigenvalue weighted by Gasteiger charge is 2.27. The first-order valence-corrected chi connectivity index (χ1v) is 10.4. The lowest BCUT2D eigenvalue weighted by Crippen LogP contribution is -2.24. The summed E-state index contributed by atoms with van der Waals surface area (Å²) in [4.78, 5) is 16.5. The van der Waals surface area contributed by atoms with Crippen molar-refractivity contribution in [1.82, 2.24) is 10.3 Å². The second-order valence-electron chi connectivity index (χ2n) is 6.58. The molecule has 27 heavy (non-hydrogen) atoms. The molecule has 0 bridgehead atoms. The molecule has 1 amide bonds. The minimum Gasteiger partial charge on any atom is -0.454 e. The van der Waals surface area contributed by atoms with Crippen molar-refractivity contribution in [2.75, 3.05) is 23.6 Å². The van der Waals surface area contributed by atoms with Crippen LogP contribution >= 0.6 is 0 Å². The minimum atomic E-state index is -2.97. The van der Waals surface area contributed by atoms with E-state index < -0.39 is 9.84 Å². The summed E-state index contributed by atoms with van der Waals surface area (Å²) >= 11 is 0. The third-order valence-corrected chi connectivity index (χ3v) is 6.26. The molecule has 2 N–H and O–H groups in total. The molecule has 142 valence electrons. The van der Waals surface area contributed by atoms with Crippen molar-refractivity contribution in [3.63, 3.8) is 0 Å². The summed E-state index contributed by atoms with van der Waals surface area (Å²) in [6, 6.07) is 7.03. The molecule has 1 unspecified atom stereocenters. The van der Waals surface area contributed by atoms with Crippen LogP contribution in [0.1, 0.15) is 22.3 Å². The van der Waals surface area contributed by atoms with Crippen LogP contribution in [0, 0.1) is 0 Å². The lowest BCUT2D eigenvalue weighted by atomic mass is 10.2. The minimum absolute atomic E-state index is 0.105. The Labute approximate surface area is 156 Å². The number of carbonyl (C=O) groups is 1. The molecular weight excluding hydrogens is 370 g/mol. The van der Waals surface area contributed by atoms with Crippen molar-refractivity contribution in [1.29, 1.82) is 0 Å². The van der Waals surface area contributed by atoms with Crippen molar-refractivity contribution in [3.8, 4) is 11.5 Å². The van der Waals surface area contributed by atoms with Crippen molar-refractivity contribution in [3.05, 3.63) is 47.8 Å². The molecular formula is C18H19N3O5S. The normalized spacial score (nSPS) is 19.6. The molecule has 2 aliphatic heterocycles. The Morgan fingerprint density at radius 2 is 2.04 bits per heavy atom. The fourth-order valence-electron chi connectivity index (χ4n) is 3.12. The molecule has 2 aliphatic rings. The number of fused-ring (bicyclic) bond motifs is 1. The van der Waals surface area contributed by atoms with Crippen LogP contribution in [0.3, 0.4) is 0 Å². The Kier molecular flexibility index (Phi) is 4.61. The molecule has 2 aromatic rings. The number of amides is 1. The summed E-state index contributed by atoms with van der Waals surface area (Å²) < 4.78 is 33.7. The lowest BCUT2D eigenvalue weighted by molar-refractivity contribution is 0.0950. The van der Waals surface area contributed by atoms with E-state index in [0.29, 0.717) is 35.7 Å². The number of hydrogen-bond acceptors (Lipinski definition) is 7. The van der Waals surface area contributed by atoms with E-state index in [9.17, 15) is 13.2 Å². The molecule has 0 aliphatic carbocycles. The summed E-state index contributed by atoms with van der Waals surface area (Å²) in [6.07, 6.45) is 3.62. The number of carbonyl (C=O) groups excluding carboxylic acids is 1. The monoisotopic (exact) mass is 389 g/mol. The highest BCUT2D eigenvalue weighted by Crippen LogP contribution is 2.32. The van der Waals surface area contributed by atoms with E-state index in [-0.39, 0.29) is 30.2 Å². The second-order valence-corrected chi connectivity index (χ2v) is 8.81. The van der Waals surface area contributed by atoms with E-state index in [4.69, 9.17) is 9.47 Å². The number of sulfone groups is 1. The number of benzene rings is 1. The molecule has 1 aromatic carbocycles. The van der Waals surface area contributed by atoms with Crippen LogP contribution in [-0.4, -0.2) is 43.6 Å². The van der Waals surface area contributed by atoms with E-state index >= 15 is 0 Å². The maximum Gasteiger partial charge on any atom is 0.253 e. The number of nitrogens with zero attached hydrogens (tertiary/aromatic N) is 1. The number of rotatable bonds is 5. The fourth-order valence-corrected chi connectivity index (χ4v) is 4.80. The molecule has 0 spiro atoms. The summed E-state index contributed by atoms with van der Waals surface area (Å²) in [7, 11) is -2.97. The number of pyridine rings is 1. The number of hydrogen-bond donors (Lipinski definition) is 2. The van der Waals surface area contributed by atoms with Crippen molar-refractivity contribution in [2.45, 2.75) is 19.0 Å². The van der Waals surface area contributed by atoms with E-state index in [1.807, 2.05) is 18.2 Å². The Morgan fingerprint density at radius 1 is 1.19 bits per heavy atom. The average Bonchev–Trinajstić information content (AvgIpc) is 3.25. The molecule has 4 rings (SSSR count). The van der Waals surface area contributed by atoms with Crippen LogP contribution in [0.2, 0.25) is 0 Å². The van der Waals surface area contributed by atoms with E-state index in [1.165, 1.54) is 6.20 Å². The Bertz CT molecular complexity index is 977. The Morgan fingerprint density at radius 3 is 2.85 bits per heavy atom. The molecule has 3 heterocycles. The third-order valence-electron chi connectivity index (χ3n) is 4.49. The SMILES string of the molecule is O=C(NCc1ccc2c(c1)OCO2)c1cncc(NC2CCS(=O)(=O)C2)c1. The third kappa shape index (κ3) is 4.13. The topological polar surface area (TPSA) is 107 Å². The second kappa shape index (κ2) is 7.07. The van der Waals surface area contributed by atoms with E-state index in [0.717, 1.165) is 5.56 Å². The van der Waals surface area contributed by atoms with E-state index in [2.05, 4.69) is 15.6 Å². The van der Waals surface area contributed by atoms with Crippen LogP contribution in [0.25, 0.3) is 0 Å². The standard InChI is InChI=1S/C18H19N3O5S/c22-18(20-7-12-1-2-16-17(5-12)26-11-25-16)13-6-15(9-19-8-13)21-14-3-4-27(23,24)10-14/h1-2,5-6,8-9,14,21H,3-4,7,10-11H2,(H,20,22). The van der Waals surface area contributed by atoms with Gasteiger partial charge in [-0.25, -0.2) is 8.42 Å². The van der Waals surface area contributed by atoms with Gasteiger partial charge in [0, 0.05) is 25.0 Å². The number of anilines is 1. The summed E-state index contributed by atoms with van der Waals surface area (Å²) in [6.45, 7) is 0.549. The predicted molar refractivity (Wildman–Crippen MR) is 98.7 cm³/mol. The largest absolute Gasteiger partial charge is 0.454 e. The average molecular weight is 389 g/mol. The van der Waals surface area contributed by atoms with Crippen molar-refractivity contribution >= 4 is 21.4 Å². The Balaban J connectivity index is 1.37. The lowest BCUT2D eigenvalue weighted by Gasteiger charge is -2.13. The van der Waals surface area contributed by atoms with Crippen molar-refractivity contribution in [2.24, 2.45) is 0 Å². The van der Waals surface area contributed by atoms with Gasteiger partial charge in [-0.2, -0.15) is 0 Å². The molecule has 1 saturated heterocycles. The molecule has 9 heteroatoms. The van der Waals surface area contributed by atoms with Crippen LogP contribution in [0.15, 0.2) is 36.7 Å². The van der Waals surface area contributed by atoms with Gasteiger partial charge in [-0.1, -0.05) is 6.07 Å². The highest BCUT2D eigenvalue weighted by atomic mass is 32.2. The van der Waals surface area contributed by atoms with Gasteiger partial charge in [0.1, 0.15) is 0 Å². The zero-order valence-electron chi connectivity index (χ0n) is 14.5. The fraction of sp³-hybridized carbons (Fsp3) is 0.333. The van der Waals surface area contributed by atoms with Gasteiger partial charge in [-0.15, -0.1) is 0 Å². The van der Waals surface area contributed by atoms with Gasteiger partial charge < -0.3 is 20.1 Å². The Hall–Kier alpha value is -2.81. The van der Waals surface area contributed by atoms with Crippen molar-refractivity contribution < 1.29 is 22.7 Å². The van der Waals surface area contributed by atoms with Crippen LogP contribution in [0.4, 0.5) is 5.69 Å². The predicted octanol–water partition coefficient (Wildman–Crippen LogP) is 1.34. The first-order valence-electron chi connectivity index (χ1n) is 8.57. The zero-order valence-corrected chi connectivity index (χ0v) is 15.3. The number of nitrogens with one attached hydrogen (secondary N) is 2. The number of aromatic nitrogens is 1. The van der Waals surface area contributed by atoms with Gasteiger partial charge in [0.15, 0.2) is 21.3 Å².